The Labute approximate surface area is 159 Å². The minimum Gasteiger partial charge on any atom is -0.342 e. The van der Waals surface area contributed by atoms with E-state index in [4.69, 9.17) is 0 Å². The monoisotopic (exact) mass is 376 g/mol. The molecule has 26 heavy (non-hydrogen) atoms. The molecule has 0 N–H and O–H groups in total. The lowest BCUT2D eigenvalue weighted by molar-refractivity contribution is -0.132. The third-order valence-corrected chi connectivity index (χ3v) is 6.89. The van der Waals surface area contributed by atoms with E-state index in [1.807, 2.05) is 15.9 Å². The van der Waals surface area contributed by atoms with Gasteiger partial charge in [0.15, 0.2) is 0 Å². The number of carbonyl (C=O) groups excluding carboxylic acids is 2. The topological polar surface area (TPSA) is 56.8 Å². The fourth-order valence-corrected chi connectivity index (χ4v) is 5.46. The molecule has 1 aromatic rings. The normalized spacial score (nSPS) is 27.2. The minimum absolute atomic E-state index is 0.122. The van der Waals surface area contributed by atoms with Gasteiger partial charge in [0.25, 0.3) is 5.91 Å². The summed E-state index contributed by atoms with van der Waals surface area (Å²) in [5.41, 5.74) is 0.155. The van der Waals surface area contributed by atoms with Crippen LogP contribution >= 0.6 is 11.5 Å². The largest absolute Gasteiger partial charge is 0.342 e. The fourth-order valence-electron chi connectivity index (χ4n) is 4.90. The van der Waals surface area contributed by atoms with Crippen LogP contribution in [0.5, 0.6) is 0 Å². The summed E-state index contributed by atoms with van der Waals surface area (Å²) in [6.45, 7) is 6.00. The molecule has 2 amide bonds. The van der Waals surface area contributed by atoms with Crippen molar-refractivity contribution in [2.45, 2.75) is 38.5 Å². The van der Waals surface area contributed by atoms with E-state index in [-0.39, 0.29) is 17.2 Å². The van der Waals surface area contributed by atoms with Gasteiger partial charge < -0.3 is 9.80 Å². The van der Waals surface area contributed by atoms with Crippen LogP contribution in [0.1, 0.15) is 48.2 Å². The van der Waals surface area contributed by atoms with E-state index < -0.39 is 0 Å². The second-order valence-corrected chi connectivity index (χ2v) is 8.94. The van der Waals surface area contributed by atoms with Gasteiger partial charge in [0, 0.05) is 44.3 Å². The maximum atomic E-state index is 12.7. The highest BCUT2D eigenvalue weighted by atomic mass is 32.1. The molecule has 1 spiro atoms. The van der Waals surface area contributed by atoms with Crippen LogP contribution in [0.4, 0.5) is 0 Å². The van der Waals surface area contributed by atoms with Gasteiger partial charge in [-0.2, -0.15) is 0 Å². The van der Waals surface area contributed by atoms with Crippen LogP contribution in [-0.2, 0) is 4.79 Å². The minimum atomic E-state index is 0.122. The van der Waals surface area contributed by atoms with Gasteiger partial charge >= 0.3 is 0 Å². The highest BCUT2D eigenvalue weighted by molar-refractivity contribution is 7.08. The van der Waals surface area contributed by atoms with Gasteiger partial charge in [-0.25, -0.2) is 4.37 Å². The van der Waals surface area contributed by atoms with E-state index in [1.165, 1.54) is 11.5 Å². The van der Waals surface area contributed by atoms with Crippen LogP contribution in [0.3, 0.4) is 0 Å². The SMILES string of the molecule is O=C(CN1CCCC2(CCCN(C(=O)c3ccns3)C2)C1)N1CCCC1. The molecule has 4 rings (SSSR count). The standard InChI is InChI=1S/C19H28N4O2S/c24-17(22-10-1-2-11-22)13-21-9-3-6-19(14-21)7-4-12-23(15-19)18(25)16-5-8-20-26-16/h5,8H,1-4,6-7,9-15H2. The lowest BCUT2D eigenvalue weighted by atomic mass is 9.73. The van der Waals surface area contributed by atoms with E-state index >= 15 is 0 Å². The molecule has 0 aliphatic carbocycles. The number of rotatable bonds is 3. The Kier molecular flexibility index (Phi) is 5.27. The quantitative estimate of drug-likeness (QED) is 0.811. The van der Waals surface area contributed by atoms with Crippen molar-refractivity contribution in [3.63, 3.8) is 0 Å². The third kappa shape index (κ3) is 3.78. The van der Waals surface area contributed by atoms with E-state index in [1.54, 1.807) is 6.20 Å². The van der Waals surface area contributed by atoms with Gasteiger partial charge in [-0.1, -0.05) is 0 Å². The Hall–Kier alpha value is -1.47. The second-order valence-electron chi connectivity index (χ2n) is 8.11. The molecule has 3 aliphatic rings. The summed E-state index contributed by atoms with van der Waals surface area (Å²) in [5.74, 6) is 0.407. The molecule has 3 fully saturated rings. The molecule has 0 saturated carbocycles. The summed E-state index contributed by atoms with van der Waals surface area (Å²) in [6.07, 6.45) is 8.48. The maximum absolute atomic E-state index is 12.7. The first-order valence-corrected chi connectivity index (χ1v) is 10.6. The summed E-state index contributed by atoms with van der Waals surface area (Å²) in [4.78, 5) is 32.4. The van der Waals surface area contributed by atoms with Gasteiger partial charge in [-0.05, 0) is 62.7 Å². The number of nitrogens with zero attached hydrogens (tertiary/aromatic N) is 4. The molecule has 0 radical (unpaired) electrons. The average molecular weight is 377 g/mol. The number of amides is 2. The number of aromatic nitrogens is 1. The molecule has 0 bridgehead atoms. The van der Waals surface area contributed by atoms with Crippen molar-refractivity contribution in [1.82, 2.24) is 19.1 Å². The summed E-state index contributed by atoms with van der Waals surface area (Å²) in [5, 5.41) is 0. The van der Waals surface area contributed by atoms with E-state index in [9.17, 15) is 9.59 Å². The molecule has 0 aromatic carbocycles. The van der Waals surface area contributed by atoms with Crippen molar-refractivity contribution in [3.05, 3.63) is 17.1 Å². The van der Waals surface area contributed by atoms with Crippen LogP contribution in [-0.4, -0.2) is 76.7 Å². The summed E-state index contributed by atoms with van der Waals surface area (Å²) in [6, 6.07) is 1.82. The molecule has 142 valence electrons. The zero-order valence-electron chi connectivity index (χ0n) is 15.4. The predicted octanol–water partition coefficient (Wildman–Crippen LogP) is 2.08. The molecular weight excluding hydrogens is 348 g/mol. The van der Waals surface area contributed by atoms with Crippen molar-refractivity contribution < 1.29 is 9.59 Å². The summed E-state index contributed by atoms with van der Waals surface area (Å²) >= 11 is 1.28. The molecule has 6 nitrogen and oxygen atoms in total. The van der Waals surface area contributed by atoms with Crippen LogP contribution in [0, 0.1) is 5.41 Å². The molecule has 1 unspecified atom stereocenters. The molecule has 1 atom stereocenters. The number of hydrogen-bond donors (Lipinski definition) is 0. The zero-order valence-corrected chi connectivity index (χ0v) is 16.2. The zero-order chi connectivity index (χ0) is 18.0. The van der Waals surface area contributed by atoms with Crippen molar-refractivity contribution in [3.8, 4) is 0 Å². The van der Waals surface area contributed by atoms with Gasteiger partial charge in [-0.15, -0.1) is 0 Å². The first-order valence-electron chi connectivity index (χ1n) is 9.85. The smallest absolute Gasteiger partial charge is 0.265 e. The van der Waals surface area contributed by atoms with Crippen molar-refractivity contribution in [1.29, 1.82) is 0 Å². The van der Waals surface area contributed by atoms with Gasteiger partial charge in [-0.3, -0.25) is 14.5 Å². The Morgan fingerprint density at radius 1 is 1.00 bits per heavy atom. The molecule has 3 aliphatic heterocycles. The summed E-state index contributed by atoms with van der Waals surface area (Å²) < 4.78 is 4.07. The molecule has 1 aromatic heterocycles. The Bertz CT molecular complexity index is 640. The lowest BCUT2D eigenvalue weighted by Crippen LogP contribution is -2.55. The Morgan fingerprint density at radius 2 is 1.73 bits per heavy atom. The molecular formula is C19H28N4O2S. The first-order chi connectivity index (χ1) is 12.7. The third-order valence-electron chi connectivity index (χ3n) is 6.16. The number of carbonyl (C=O) groups is 2. The average Bonchev–Trinajstić information content (AvgIpc) is 3.35. The van der Waals surface area contributed by atoms with E-state index in [0.29, 0.717) is 6.54 Å². The first kappa shape index (κ1) is 17.9. The Balaban J connectivity index is 1.39. The fraction of sp³-hybridized carbons (Fsp3) is 0.737. The van der Waals surface area contributed by atoms with Crippen LogP contribution in [0.2, 0.25) is 0 Å². The number of piperidine rings is 2. The predicted molar refractivity (Wildman–Crippen MR) is 101 cm³/mol. The van der Waals surface area contributed by atoms with Gasteiger partial charge in [0.2, 0.25) is 5.91 Å². The van der Waals surface area contributed by atoms with Crippen molar-refractivity contribution >= 4 is 23.3 Å². The van der Waals surface area contributed by atoms with Gasteiger partial charge in [0.05, 0.1) is 6.54 Å². The number of hydrogen-bond acceptors (Lipinski definition) is 5. The van der Waals surface area contributed by atoms with Gasteiger partial charge in [0.1, 0.15) is 4.88 Å². The summed E-state index contributed by atoms with van der Waals surface area (Å²) in [7, 11) is 0. The van der Waals surface area contributed by atoms with Crippen LogP contribution in [0.15, 0.2) is 12.3 Å². The maximum Gasteiger partial charge on any atom is 0.265 e. The Morgan fingerprint density at radius 3 is 2.46 bits per heavy atom. The highest BCUT2D eigenvalue weighted by Crippen LogP contribution is 2.39. The second kappa shape index (κ2) is 7.64. The molecule has 3 saturated heterocycles. The van der Waals surface area contributed by atoms with Crippen molar-refractivity contribution in [2.75, 3.05) is 45.8 Å². The number of likely N-dealkylation sites (tertiary alicyclic amines) is 3. The molecule has 4 heterocycles. The lowest BCUT2D eigenvalue weighted by Gasteiger charge is -2.48. The van der Waals surface area contributed by atoms with E-state index in [0.717, 1.165) is 82.7 Å². The van der Waals surface area contributed by atoms with E-state index in [2.05, 4.69) is 9.27 Å². The highest BCUT2D eigenvalue weighted by Gasteiger charge is 2.41. The molecule has 7 heteroatoms. The van der Waals surface area contributed by atoms with Crippen LogP contribution in [0.25, 0.3) is 0 Å². The van der Waals surface area contributed by atoms with Crippen LogP contribution < -0.4 is 0 Å². The van der Waals surface area contributed by atoms with Crippen molar-refractivity contribution in [2.24, 2.45) is 5.41 Å².